The maximum atomic E-state index is 11.9. The largest absolute Gasteiger partial charge is 0.461 e. The van der Waals surface area contributed by atoms with Crippen LogP contribution in [-0.2, 0) is 14.2 Å². The highest BCUT2D eigenvalue weighted by Crippen LogP contribution is 2.19. The molecule has 0 atom stereocenters. The molecule has 0 bridgehead atoms. The average molecular weight is 308 g/mol. The van der Waals surface area contributed by atoms with Crippen molar-refractivity contribution in [1.82, 2.24) is 4.98 Å². The normalized spacial score (nSPS) is 14.5. The quantitative estimate of drug-likeness (QED) is 0.758. The summed E-state index contributed by atoms with van der Waals surface area (Å²) < 4.78 is 15.2. The predicted octanol–water partition coefficient (Wildman–Crippen LogP) is 1.27. The lowest BCUT2D eigenvalue weighted by atomic mass is 10.2. The maximum absolute atomic E-state index is 11.9. The van der Waals surface area contributed by atoms with Gasteiger partial charge in [0.25, 0.3) is 0 Å². The zero-order chi connectivity index (χ0) is 15.9. The Morgan fingerprint density at radius 2 is 1.59 bits per heavy atom. The van der Waals surface area contributed by atoms with Gasteiger partial charge in [0, 0.05) is 18.8 Å². The summed E-state index contributed by atoms with van der Waals surface area (Å²) >= 11 is 0. The van der Waals surface area contributed by atoms with Crippen LogP contribution in [0.1, 0.15) is 34.8 Å². The molecule has 1 aliphatic heterocycles. The molecule has 0 N–H and O–H groups in total. The lowest BCUT2D eigenvalue weighted by Crippen LogP contribution is -2.36. The first kappa shape index (κ1) is 16.2. The van der Waals surface area contributed by atoms with Crippen molar-refractivity contribution < 1.29 is 23.8 Å². The van der Waals surface area contributed by atoms with E-state index in [0.29, 0.717) is 26.3 Å². The number of nitrogens with zero attached hydrogens (tertiary/aromatic N) is 2. The summed E-state index contributed by atoms with van der Waals surface area (Å²) in [4.78, 5) is 30.0. The maximum Gasteiger partial charge on any atom is 0.357 e. The van der Waals surface area contributed by atoms with Gasteiger partial charge in [0.2, 0.25) is 0 Å². The first-order valence-corrected chi connectivity index (χ1v) is 7.34. The van der Waals surface area contributed by atoms with E-state index in [4.69, 9.17) is 14.2 Å². The SMILES string of the molecule is CCOC(=O)c1cc(N2CCOCC2)cc(C(=O)OCC)n1. The number of hydrogen-bond acceptors (Lipinski definition) is 7. The van der Waals surface area contributed by atoms with Gasteiger partial charge >= 0.3 is 11.9 Å². The molecule has 7 heteroatoms. The molecular weight excluding hydrogens is 288 g/mol. The fourth-order valence-corrected chi connectivity index (χ4v) is 2.14. The Kier molecular flexibility index (Phi) is 5.71. The van der Waals surface area contributed by atoms with Crippen molar-refractivity contribution in [1.29, 1.82) is 0 Å². The second kappa shape index (κ2) is 7.74. The molecule has 22 heavy (non-hydrogen) atoms. The smallest absolute Gasteiger partial charge is 0.357 e. The van der Waals surface area contributed by atoms with Gasteiger partial charge in [0.05, 0.1) is 26.4 Å². The Bertz CT molecular complexity index is 504. The van der Waals surface area contributed by atoms with E-state index in [-0.39, 0.29) is 24.6 Å². The van der Waals surface area contributed by atoms with Crippen molar-refractivity contribution in [3.63, 3.8) is 0 Å². The third-order valence-corrected chi connectivity index (χ3v) is 3.16. The summed E-state index contributed by atoms with van der Waals surface area (Å²) in [7, 11) is 0. The first-order chi connectivity index (χ1) is 10.7. The van der Waals surface area contributed by atoms with Gasteiger partial charge in [0.1, 0.15) is 0 Å². The number of morpholine rings is 1. The van der Waals surface area contributed by atoms with Crippen molar-refractivity contribution >= 4 is 17.6 Å². The highest BCUT2D eigenvalue weighted by Gasteiger charge is 2.20. The number of anilines is 1. The van der Waals surface area contributed by atoms with Gasteiger partial charge in [-0.3, -0.25) is 0 Å². The van der Waals surface area contributed by atoms with Gasteiger partial charge in [0.15, 0.2) is 11.4 Å². The predicted molar refractivity (Wildman–Crippen MR) is 79.2 cm³/mol. The number of rotatable bonds is 5. The molecule has 0 unspecified atom stereocenters. The molecule has 1 aromatic heterocycles. The molecule has 0 amide bonds. The van der Waals surface area contributed by atoms with Crippen LogP contribution in [0.4, 0.5) is 5.69 Å². The molecule has 1 saturated heterocycles. The topological polar surface area (TPSA) is 78.0 Å². The van der Waals surface area contributed by atoms with E-state index >= 15 is 0 Å². The van der Waals surface area contributed by atoms with Crippen LogP contribution in [0.25, 0.3) is 0 Å². The number of esters is 2. The lowest BCUT2D eigenvalue weighted by molar-refractivity contribution is 0.0511. The third kappa shape index (κ3) is 3.94. The summed E-state index contributed by atoms with van der Waals surface area (Å²) in [6, 6.07) is 3.26. The van der Waals surface area contributed by atoms with Crippen LogP contribution in [0.2, 0.25) is 0 Å². The Hall–Kier alpha value is -2.15. The standard InChI is InChI=1S/C15H20N2O5/c1-3-21-14(18)12-9-11(17-5-7-20-8-6-17)10-13(16-12)15(19)22-4-2/h9-10H,3-8H2,1-2H3. The van der Waals surface area contributed by atoms with Crippen molar-refractivity contribution in [2.75, 3.05) is 44.4 Å². The summed E-state index contributed by atoms with van der Waals surface area (Å²) in [5, 5.41) is 0. The van der Waals surface area contributed by atoms with Crippen LogP contribution in [-0.4, -0.2) is 56.4 Å². The fraction of sp³-hybridized carbons (Fsp3) is 0.533. The minimum Gasteiger partial charge on any atom is -0.461 e. The summed E-state index contributed by atoms with van der Waals surface area (Å²) in [5.74, 6) is -1.11. The van der Waals surface area contributed by atoms with E-state index in [0.717, 1.165) is 5.69 Å². The number of aromatic nitrogens is 1. The molecule has 0 radical (unpaired) electrons. The lowest BCUT2D eigenvalue weighted by Gasteiger charge is -2.29. The number of carbonyl (C=O) groups is 2. The van der Waals surface area contributed by atoms with Crippen LogP contribution in [0.3, 0.4) is 0 Å². The third-order valence-electron chi connectivity index (χ3n) is 3.16. The van der Waals surface area contributed by atoms with Crippen molar-refractivity contribution in [3.8, 4) is 0 Å². The number of carbonyl (C=O) groups excluding carboxylic acids is 2. The molecule has 1 aliphatic rings. The number of ether oxygens (including phenoxy) is 3. The van der Waals surface area contributed by atoms with Crippen LogP contribution in [0, 0.1) is 0 Å². The Morgan fingerprint density at radius 3 is 2.05 bits per heavy atom. The van der Waals surface area contributed by atoms with Gasteiger partial charge in [-0.2, -0.15) is 0 Å². The summed E-state index contributed by atoms with van der Waals surface area (Å²) in [6.07, 6.45) is 0. The Balaban J connectivity index is 2.34. The minimum absolute atomic E-state index is 0.105. The molecule has 2 heterocycles. The Labute approximate surface area is 129 Å². The van der Waals surface area contributed by atoms with E-state index in [1.54, 1.807) is 26.0 Å². The monoisotopic (exact) mass is 308 g/mol. The van der Waals surface area contributed by atoms with E-state index in [1.165, 1.54) is 0 Å². The van der Waals surface area contributed by atoms with Crippen LogP contribution >= 0.6 is 0 Å². The molecule has 2 rings (SSSR count). The molecular formula is C15H20N2O5. The number of hydrogen-bond donors (Lipinski definition) is 0. The molecule has 1 fully saturated rings. The summed E-state index contributed by atoms with van der Waals surface area (Å²) in [5.41, 5.74) is 0.951. The van der Waals surface area contributed by atoms with Crippen LogP contribution in [0.5, 0.6) is 0 Å². The van der Waals surface area contributed by atoms with Gasteiger partial charge in [-0.05, 0) is 26.0 Å². The van der Waals surface area contributed by atoms with E-state index in [1.807, 2.05) is 4.90 Å². The molecule has 1 aromatic rings. The second-order valence-corrected chi connectivity index (χ2v) is 4.64. The zero-order valence-electron chi connectivity index (χ0n) is 12.8. The van der Waals surface area contributed by atoms with Crippen LogP contribution in [0.15, 0.2) is 12.1 Å². The van der Waals surface area contributed by atoms with Gasteiger partial charge in [-0.25, -0.2) is 14.6 Å². The van der Waals surface area contributed by atoms with Crippen molar-refractivity contribution in [2.24, 2.45) is 0 Å². The van der Waals surface area contributed by atoms with Gasteiger partial charge in [-0.1, -0.05) is 0 Å². The van der Waals surface area contributed by atoms with Crippen molar-refractivity contribution in [2.45, 2.75) is 13.8 Å². The molecule has 120 valence electrons. The van der Waals surface area contributed by atoms with E-state index in [9.17, 15) is 9.59 Å². The average Bonchev–Trinajstić information content (AvgIpc) is 2.55. The molecule has 7 nitrogen and oxygen atoms in total. The summed E-state index contributed by atoms with van der Waals surface area (Å²) in [6.45, 7) is 6.51. The highest BCUT2D eigenvalue weighted by atomic mass is 16.5. The Morgan fingerprint density at radius 1 is 1.09 bits per heavy atom. The molecule has 0 saturated carbocycles. The van der Waals surface area contributed by atoms with Crippen LogP contribution < -0.4 is 4.90 Å². The number of pyridine rings is 1. The van der Waals surface area contributed by atoms with E-state index in [2.05, 4.69) is 4.98 Å². The molecule has 0 spiro atoms. The van der Waals surface area contributed by atoms with Crippen molar-refractivity contribution in [3.05, 3.63) is 23.5 Å². The first-order valence-electron chi connectivity index (χ1n) is 7.34. The minimum atomic E-state index is -0.553. The molecule has 0 aromatic carbocycles. The fourth-order valence-electron chi connectivity index (χ4n) is 2.14. The van der Waals surface area contributed by atoms with E-state index < -0.39 is 11.9 Å². The second-order valence-electron chi connectivity index (χ2n) is 4.64. The van der Waals surface area contributed by atoms with Gasteiger partial charge < -0.3 is 19.1 Å². The molecule has 0 aliphatic carbocycles. The zero-order valence-corrected chi connectivity index (χ0v) is 12.8. The highest BCUT2D eigenvalue weighted by molar-refractivity contribution is 5.93. The van der Waals surface area contributed by atoms with Gasteiger partial charge in [-0.15, -0.1) is 0 Å².